The van der Waals surface area contributed by atoms with Gasteiger partial charge in [0.25, 0.3) is 0 Å². The van der Waals surface area contributed by atoms with Crippen LogP contribution in [0.3, 0.4) is 0 Å². The number of aromatic hydroxyl groups is 1. The Morgan fingerprint density at radius 2 is 1.63 bits per heavy atom. The summed E-state index contributed by atoms with van der Waals surface area (Å²) in [6.45, 7) is -0.666. The Morgan fingerprint density at radius 1 is 0.933 bits per heavy atom. The van der Waals surface area contributed by atoms with Crippen molar-refractivity contribution in [3.63, 3.8) is 0 Å². The SMILES string of the molecule is COc1cc(O[C@@H]2O[C@H](CO[C@H]3OC[C@@H](O)[C@H](O)[C@H]3O)[C@@H](O)[C@H](O)[C@H]2O)ccc1O. The molecule has 0 aliphatic carbocycles. The summed E-state index contributed by atoms with van der Waals surface area (Å²) >= 11 is 0. The highest BCUT2D eigenvalue weighted by atomic mass is 16.7. The lowest BCUT2D eigenvalue weighted by Gasteiger charge is -2.41. The van der Waals surface area contributed by atoms with E-state index in [1.807, 2.05) is 0 Å². The maximum atomic E-state index is 10.2. The monoisotopic (exact) mass is 434 g/mol. The molecule has 12 nitrogen and oxygen atoms in total. The number of ether oxygens (including phenoxy) is 5. The lowest BCUT2D eigenvalue weighted by Crippen LogP contribution is -2.61. The predicted molar refractivity (Wildman–Crippen MR) is 95.7 cm³/mol. The summed E-state index contributed by atoms with van der Waals surface area (Å²) in [4.78, 5) is 0. The van der Waals surface area contributed by atoms with Gasteiger partial charge in [0.05, 0.1) is 20.3 Å². The van der Waals surface area contributed by atoms with E-state index in [0.717, 1.165) is 0 Å². The first kappa shape index (κ1) is 22.9. The first-order valence-electron chi connectivity index (χ1n) is 9.23. The third-order valence-corrected chi connectivity index (χ3v) is 4.95. The van der Waals surface area contributed by atoms with Crippen LogP contribution in [0.1, 0.15) is 0 Å². The second kappa shape index (κ2) is 9.60. The normalized spacial score (nSPS) is 39.5. The lowest BCUT2D eigenvalue weighted by atomic mass is 9.99. The molecule has 12 heteroatoms. The van der Waals surface area contributed by atoms with Crippen molar-refractivity contribution in [3.05, 3.63) is 18.2 Å². The van der Waals surface area contributed by atoms with Crippen LogP contribution in [0.15, 0.2) is 18.2 Å². The third-order valence-electron chi connectivity index (χ3n) is 4.95. The minimum Gasteiger partial charge on any atom is -0.504 e. The molecule has 2 aliphatic heterocycles. The highest BCUT2D eigenvalue weighted by Crippen LogP contribution is 2.32. The first-order valence-corrected chi connectivity index (χ1v) is 9.23. The van der Waals surface area contributed by atoms with Gasteiger partial charge < -0.3 is 59.4 Å². The van der Waals surface area contributed by atoms with Gasteiger partial charge in [-0.05, 0) is 12.1 Å². The molecule has 3 rings (SSSR count). The van der Waals surface area contributed by atoms with Gasteiger partial charge in [0.2, 0.25) is 6.29 Å². The van der Waals surface area contributed by atoms with Crippen molar-refractivity contribution in [2.75, 3.05) is 20.3 Å². The van der Waals surface area contributed by atoms with Crippen molar-refractivity contribution in [2.45, 2.75) is 55.3 Å². The van der Waals surface area contributed by atoms with E-state index in [1.54, 1.807) is 0 Å². The minimum atomic E-state index is -1.64. The summed E-state index contributed by atoms with van der Waals surface area (Å²) in [5, 5.41) is 69.2. The molecule has 0 amide bonds. The standard InChI is InChI=1S/C18H26O12/c1-26-10-4-7(2-3-8(10)19)29-18-16(25)14(23)13(22)11(30-18)6-28-17-15(24)12(21)9(20)5-27-17/h2-4,9,11-25H,5-6H2,1H3/t9-,11-,12+,13-,14+,15-,16-,17-,18-/m1/s1. The fourth-order valence-electron chi connectivity index (χ4n) is 3.13. The Kier molecular flexibility index (Phi) is 7.34. The lowest BCUT2D eigenvalue weighted by molar-refractivity contribution is -0.307. The molecule has 0 saturated carbocycles. The zero-order chi connectivity index (χ0) is 22.0. The van der Waals surface area contributed by atoms with Crippen LogP contribution in [0.5, 0.6) is 17.2 Å². The molecular weight excluding hydrogens is 408 g/mol. The maximum absolute atomic E-state index is 10.2. The van der Waals surface area contributed by atoms with Crippen LogP contribution in [0.4, 0.5) is 0 Å². The molecule has 1 aromatic carbocycles. The number of methoxy groups -OCH3 is 1. The van der Waals surface area contributed by atoms with Gasteiger partial charge >= 0.3 is 0 Å². The molecule has 1 aromatic rings. The maximum Gasteiger partial charge on any atom is 0.229 e. The zero-order valence-corrected chi connectivity index (χ0v) is 16.0. The van der Waals surface area contributed by atoms with Gasteiger partial charge in [0.15, 0.2) is 17.8 Å². The average molecular weight is 434 g/mol. The van der Waals surface area contributed by atoms with Crippen LogP contribution in [0.25, 0.3) is 0 Å². The number of rotatable bonds is 6. The van der Waals surface area contributed by atoms with Crippen molar-refractivity contribution >= 4 is 0 Å². The molecule has 2 fully saturated rings. The van der Waals surface area contributed by atoms with E-state index in [-0.39, 0.29) is 23.9 Å². The van der Waals surface area contributed by atoms with Crippen LogP contribution in [0, 0.1) is 0 Å². The van der Waals surface area contributed by atoms with Gasteiger partial charge in [0.1, 0.15) is 48.5 Å². The number of phenols is 1. The van der Waals surface area contributed by atoms with Crippen LogP contribution in [-0.4, -0.2) is 111 Å². The number of aliphatic hydroxyl groups is 6. The molecule has 7 N–H and O–H groups in total. The highest BCUT2D eigenvalue weighted by molar-refractivity contribution is 5.44. The van der Waals surface area contributed by atoms with Gasteiger partial charge in [-0.15, -0.1) is 0 Å². The summed E-state index contributed by atoms with van der Waals surface area (Å²) < 4.78 is 26.4. The second-order valence-corrected chi connectivity index (χ2v) is 7.05. The first-order chi connectivity index (χ1) is 14.2. The van der Waals surface area contributed by atoms with Crippen LogP contribution >= 0.6 is 0 Å². The van der Waals surface area contributed by atoms with Gasteiger partial charge in [-0.1, -0.05) is 0 Å². The van der Waals surface area contributed by atoms with E-state index in [0.29, 0.717) is 0 Å². The van der Waals surface area contributed by atoms with Gasteiger partial charge in [-0.2, -0.15) is 0 Å². The number of hydrogen-bond donors (Lipinski definition) is 7. The van der Waals surface area contributed by atoms with Crippen molar-refractivity contribution in [2.24, 2.45) is 0 Å². The van der Waals surface area contributed by atoms with E-state index in [2.05, 4.69) is 0 Å². The van der Waals surface area contributed by atoms with E-state index in [1.165, 1.54) is 25.3 Å². The fourth-order valence-corrected chi connectivity index (χ4v) is 3.13. The molecule has 9 atom stereocenters. The molecule has 0 aromatic heterocycles. The Morgan fingerprint density at radius 3 is 2.33 bits per heavy atom. The largest absolute Gasteiger partial charge is 0.504 e. The van der Waals surface area contributed by atoms with E-state index in [9.17, 15) is 35.7 Å². The van der Waals surface area contributed by atoms with E-state index < -0.39 is 61.9 Å². The minimum absolute atomic E-state index is 0.113. The van der Waals surface area contributed by atoms with Crippen LogP contribution < -0.4 is 9.47 Å². The molecule has 30 heavy (non-hydrogen) atoms. The van der Waals surface area contributed by atoms with Gasteiger partial charge in [0, 0.05) is 6.07 Å². The highest BCUT2D eigenvalue weighted by Gasteiger charge is 2.46. The van der Waals surface area contributed by atoms with Crippen molar-refractivity contribution in [1.29, 1.82) is 0 Å². The summed E-state index contributed by atoms with van der Waals surface area (Å²) in [6.07, 6.45) is -13.0. The van der Waals surface area contributed by atoms with Gasteiger partial charge in [-0.25, -0.2) is 0 Å². The van der Waals surface area contributed by atoms with E-state index in [4.69, 9.17) is 23.7 Å². The predicted octanol–water partition coefficient (Wildman–Crippen LogP) is -2.96. The fraction of sp³-hybridized carbons (Fsp3) is 0.667. The quantitative estimate of drug-likeness (QED) is 0.241. The average Bonchev–Trinajstić information content (AvgIpc) is 2.74. The smallest absolute Gasteiger partial charge is 0.229 e. The van der Waals surface area contributed by atoms with Gasteiger partial charge in [-0.3, -0.25) is 0 Å². The van der Waals surface area contributed by atoms with E-state index >= 15 is 0 Å². The topological polar surface area (TPSA) is 188 Å². The molecule has 2 saturated heterocycles. The molecule has 2 heterocycles. The Labute approximate surface area is 171 Å². The summed E-state index contributed by atoms with van der Waals surface area (Å²) in [5.74, 6) is 0.137. The molecular formula is C18H26O12. The Hall–Kier alpha value is -1.74. The number of hydrogen-bond acceptors (Lipinski definition) is 12. The van der Waals surface area contributed by atoms with Crippen molar-refractivity contribution < 1.29 is 59.4 Å². The molecule has 0 radical (unpaired) electrons. The van der Waals surface area contributed by atoms with Crippen LogP contribution in [-0.2, 0) is 14.2 Å². The Balaban J connectivity index is 1.64. The number of phenolic OH excluding ortho intramolecular Hbond substituents is 1. The molecule has 170 valence electrons. The molecule has 0 spiro atoms. The molecule has 2 aliphatic rings. The number of benzene rings is 1. The third kappa shape index (κ3) is 4.77. The summed E-state index contributed by atoms with van der Waals surface area (Å²) in [6, 6.07) is 4.03. The Bertz CT molecular complexity index is 702. The molecule has 0 unspecified atom stereocenters. The molecule has 0 bridgehead atoms. The summed E-state index contributed by atoms with van der Waals surface area (Å²) in [5.41, 5.74) is 0. The second-order valence-electron chi connectivity index (χ2n) is 7.05. The van der Waals surface area contributed by atoms with Crippen molar-refractivity contribution in [3.8, 4) is 17.2 Å². The van der Waals surface area contributed by atoms with Crippen LogP contribution in [0.2, 0.25) is 0 Å². The van der Waals surface area contributed by atoms with Crippen molar-refractivity contribution in [1.82, 2.24) is 0 Å². The zero-order valence-electron chi connectivity index (χ0n) is 16.0. The number of aliphatic hydroxyl groups excluding tert-OH is 6. The summed E-state index contributed by atoms with van der Waals surface area (Å²) in [7, 11) is 1.34.